The van der Waals surface area contributed by atoms with Crippen LogP contribution in [0, 0.1) is 0 Å². The monoisotopic (exact) mass is 479 g/mol. The summed E-state index contributed by atoms with van der Waals surface area (Å²) in [5.74, 6) is -0.187. The second-order valence-electron chi connectivity index (χ2n) is 5.85. The van der Waals surface area contributed by atoms with Crippen molar-refractivity contribution in [3.05, 3.63) is 70.3 Å². The fourth-order valence-electron chi connectivity index (χ4n) is 2.50. The summed E-state index contributed by atoms with van der Waals surface area (Å²) < 4.78 is 12.6. The van der Waals surface area contributed by atoms with E-state index in [0.29, 0.717) is 13.0 Å². The summed E-state index contributed by atoms with van der Waals surface area (Å²) in [6.45, 7) is 4.33. The van der Waals surface area contributed by atoms with Gasteiger partial charge in [-0.05, 0) is 50.4 Å². The lowest BCUT2D eigenvalue weighted by molar-refractivity contribution is -0.142. The first kappa shape index (κ1) is 20.9. The van der Waals surface area contributed by atoms with E-state index in [1.54, 1.807) is 0 Å². The molecule has 0 saturated carbocycles. The maximum Gasteiger partial charge on any atom is 0.309 e. The highest BCUT2D eigenvalue weighted by Gasteiger charge is 2.22. The number of hydrogen-bond acceptors (Lipinski definition) is 3. The summed E-state index contributed by atoms with van der Waals surface area (Å²) >= 11 is 2.28. The molecule has 1 atom stereocenters. The van der Waals surface area contributed by atoms with Crippen LogP contribution < -0.4 is 10.4 Å². The zero-order valence-corrected chi connectivity index (χ0v) is 18.3. The molecule has 2 aromatic carbocycles. The smallest absolute Gasteiger partial charge is 0.309 e. The molecule has 1 radical (unpaired) electrons. The van der Waals surface area contributed by atoms with Crippen LogP contribution in [-0.4, -0.2) is 27.7 Å². The van der Waals surface area contributed by atoms with E-state index in [0.717, 1.165) is 10.0 Å². The molecule has 0 heterocycles. The first-order valence-electron chi connectivity index (χ1n) is 8.74. The van der Waals surface area contributed by atoms with E-state index in [9.17, 15) is 4.79 Å². The average molecular weight is 479 g/mol. The molecule has 0 aliphatic rings. The van der Waals surface area contributed by atoms with Gasteiger partial charge >= 0.3 is 5.97 Å². The number of esters is 1. The van der Waals surface area contributed by atoms with Gasteiger partial charge in [0.25, 0.3) is 9.04 Å². The van der Waals surface area contributed by atoms with Crippen molar-refractivity contribution in [2.45, 2.75) is 32.8 Å². The molecular formula is C21H24IO3Si. The molecule has 137 valence electrons. The van der Waals surface area contributed by atoms with Gasteiger partial charge in [-0.25, -0.2) is 0 Å². The number of benzene rings is 2. The van der Waals surface area contributed by atoms with Gasteiger partial charge in [0.15, 0.2) is 0 Å². The summed E-state index contributed by atoms with van der Waals surface area (Å²) in [5, 5.41) is 2.47. The lowest BCUT2D eigenvalue weighted by Gasteiger charge is -2.21. The molecular weight excluding hydrogens is 455 g/mol. The van der Waals surface area contributed by atoms with Crippen LogP contribution in [0.3, 0.4) is 0 Å². The molecule has 0 bridgehead atoms. The van der Waals surface area contributed by atoms with Crippen LogP contribution in [0.4, 0.5) is 0 Å². The lowest BCUT2D eigenvalue weighted by atomic mass is 10.2. The van der Waals surface area contributed by atoms with E-state index in [1.807, 2.05) is 25.1 Å². The van der Waals surface area contributed by atoms with Gasteiger partial charge in [-0.15, -0.1) is 0 Å². The average Bonchev–Trinajstić information content (AvgIpc) is 2.66. The van der Waals surface area contributed by atoms with Gasteiger partial charge in [0, 0.05) is 12.5 Å². The fraction of sp³-hybridized carbons (Fsp3) is 0.286. The molecule has 0 N–H and O–H groups in total. The third-order valence-corrected chi connectivity index (χ3v) is 6.90. The highest BCUT2D eigenvalue weighted by atomic mass is 127. The third-order valence-electron chi connectivity index (χ3n) is 3.67. The summed E-state index contributed by atoms with van der Waals surface area (Å²) in [6.07, 6.45) is 3.09. The minimum Gasteiger partial charge on any atom is -0.466 e. The van der Waals surface area contributed by atoms with Gasteiger partial charge in [0.2, 0.25) is 0 Å². The maximum absolute atomic E-state index is 11.5. The number of hydrogen-bond donors (Lipinski definition) is 0. The molecule has 5 heteroatoms. The third kappa shape index (κ3) is 7.05. The molecule has 0 saturated heterocycles. The Morgan fingerprint density at radius 3 is 2.12 bits per heavy atom. The highest BCUT2D eigenvalue weighted by Crippen LogP contribution is 2.17. The van der Waals surface area contributed by atoms with Gasteiger partial charge in [0.1, 0.15) is 0 Å². The van der Waals surface area contributed by atoms with Gasteiger partial charge in [-0.3, -0.25) is 4.79 Å². The number of rotatable bonds is 9. The largest absolute Gasteiger partial charge is 0.466 e. The van der Waals surface area contributed by atoms with Gasteiger partial charge in [0.05, 0.1) is 13.0 Å². The van der Waals surface area contributed by atoms with Crippen LogP contribution in [0.25, 0.3) is 0 Å². The van der Waals surface area contributed by atoms with E-state index < -0.39 is 9.04 Å². The molecule has 0 aliphatic carbocycles. The predicted octanol–water partition coefficient (Wildman–Crippen LogP) is 3.86. The molecule has 2 rings (SSSR count). The van der Waals surface area contributed by atoms with Gasteiger partial charge in [-0.2, -0.15) is 0 Å². The Bertz CT molecular complexity index is 664. The van der Waals surface area contributed by atoms with E-state index in [1.165, 1.54) is 10.4 Å². The van der Waals surface area contributed by atoms with Crippen LogP contribution in [0.5, 0.6) is 0 Å². The summed E-state index contributed by atoms with van der Waals surface area (Å²) in [7, 11) is -1.31. The van der Waals surface area contributed by atoms with E-state index in [-0.39, 0.29) is 12.1 Å². The number of halogens is 1. The zero-order valence-electron chi connectivity index (χ0n) is 15.2. The molecule has 1 unspecified atom stereocenters. The van der Waals surface area contributed by atoms with Crippen molar-refractivity contribution in [3.63, 3.8) is 0 Å². The molecule has 0 amide bonds. The highest BCUT2D eigenvalue weighted by molar-refractivity contribution is 14.1. The van der Waals surface area contributed by atoms with Crippen LogP contribution in [0.1, 0.15) is 26.7 Å². The van der Waals surface area contributed by atoms with E-state index >= 15 is 0 Å². The van der Waals surface area contributed by atoms with Crippen LogP contribution >= 0.6 is 22.6 Å². The maximum atomic E-state index is 11.5. The van der Waals surface area contributed by atoms with Crippen molar-refractivity contribution in [3.8, 4) is 0 Å². The Hall–Kier alpha value is -1.44. The van der Waals surface area contributed by atoms with Crippen molar-refractivity contribution in [2.24, 2.45) is 0 Å². The first-order valence-corrected chi connectivity index (χ1v) is 11.2. The predicted molar refractivity (Wildman–Crippen MR) is 116 cm³/mol. The second kappa shape index (κ2) is 11.3. The van der Waals surface area contributed by atoms with Crippen molar-refractivity contribution in [2.75, 3.05) is 6.61 Å². The Morgan fingerprint density at radius 1 is 1.08 bits per heavy atom. The molecule has 0 aliphatic heterocycles. The van der Waals surface area contributed by atoms with Crippen LogP contribution in [0.15, 0.2) is 70.3 Å². The van der Waals surface area contributed by atoms with Crippen molar-refractivity contribution in [1.29, 1.82) is 0 Å². The zero-order chi connectivity index (χ0) is 18.8. The van der Waals surface area contributed by atoms with E-state index in [2.05, 4.69) is 78.0 Å². The van der Waals surface area contributed by atoms with Crippen LogP contribution in [0.2, 0.25) is 0 Å². The Balaban J connectivity index is 2.04. The van der Waals surface area contributed by atoms with Gasteiger partial charge < -0.3 is 9.16 Å². The molecule has 0 fully saturated rings. The fourth-order valence-corrected chi connectivity index (χ4v) is 5.42. The van der Waals surface area contributed by atoms with Crippen molar-refractivity contribution < 1.29 is 14.0 Å². The molecule has 0 aromatic heterocycles. The normalized spacial score (nSPS) is 12.8. The number of carbonyl (C=O) groups excluding carboxylic acids is 1. The molecule has 2 aromatic rings. The Morgan fingerprint density at radius 2 is 1.62 bits per heavy atom. The number of ether oxygens (including phenoxy) is 1. The lowest BCUT2D eigenvalue weighted by Crippen LogP contribution is -2.46. The van der Waals surface area contributed by atoms with E-state index in [4.69, 9.17) is 9.16 Å². The Kier molecular flexibility index (Phi) is 9.07. The first-order chi connectivity index (χ1) is 12.6. The topological polar surface area (TPSA) is 35.5 Å². The molecule has 3 nitrogen and oxygen atoms in total. The second-order valence-corrected chi connectivity index (χ2v) is 9.29. The van der Waals surface area contributed by atoms with Crippen LogP contribution in [-0.2, 0) is 14.0 Å². The summed E-state index contributed by atoms with van der Waals surface area (Å²) in [6, 6.07) is 20.8. The van der Waals surface area contributed by atoms with Crippen molar-refractivity contribution >= 4 is 48.0 Å². The van der Waals surface area contributed by atoms with Gasteiger partial charge in [-0.1, -0.05) is 66.7 Å². The quantitative estimate of drug-likeness (QED) is 0.311. The standard InChI is InChI=1S/C21H24IO3Si/c1-3-24-21(23)15-14-18(22)16-17(2)25-26(19-10-6-4-7-11-19)20-12-8-5-9-13-20/h4-14,17H,3,15-16H2,1-2H3/b18-14-. The Labute approximate surface area is 171 Å². The van der Waals surface area contributed by atoms with Crippen molar-refractivity contribution in [1.82, 2.24) is 0 Å². The molecule has 0 spiro atoms. The number of carbonyl (C=O) groups is 1. The minimum absolute atomic E-state index is 0.0645. The summed E-state index contributed by atoms with van der Waals surface area (Å²) in [5.41, 5.74) is 0. The SMILES string of the molecule is CCOC(=O)C/C=C(\I)CC(C)O[Si](c1ccccc1)c1ccccc1. The minimum atomic E-state index is -1.31. The summed E-state index contributed by atoms with van der Waals surface area (Å²) in [4.78, 5) is 11.5. The molecule has 26 heavy (non-hydrogen) atoms.